The van der Waals surface area contributed by atoms with Gasteiger partial charge in [-0.1, -0.05) is 18.5 Å². The highest BCUT2D eigenvalue weighted by molar-refractivity contribution is 6.31. The standard InChI is InChI=1S/C23H27ClFN5O3/c1-10(2)33-20-13(11(3)22-28-12(4)19-21(26)27-7-8-30(19)22)9-14(24)18(25)17(20)23(32)29-15-5-6-16(15)31/h7-11,15-16,31H,5-6H2,1-4H3,(H2,26,27)(H,29,32)/t11?,15-,16-/m1/s1. The minimum absolute atomic E-state index is 0.0992. The molecule has 3 atom stereocenters. The van der Waals surface area contributed by atoms with E-state index < -0.39 is 29.8 Å². The van der Waals surface area contributed by atoms with Crippen LogP contribution in [0, 0.1) is 12.7 Å². The maximum Gasteiger partial charge on any atom is 0.258 e. The van der Waals surface area contributed by atoms with E-state index in [1.807, 2.05) is 18.2 Å². The van der Waals surface area contributed by atoms with E-state index in [1.165, 1.54) is 6.07 Å². The van der Waals surface area contributed by atoms with Gasteiger partial charge in [0.1, 0.15) is 28.5 Å². The molecule has 0 saturated heterocycles. The smallest absolute Gasteiger partial charge is 0.258 e. The molecule has 4 N–H and O–H groups in total. The fourth-order valence-electron chi connectivity index (χ4n) is 4.12. The van der Waals surface area contributed by atoms with Crippen LogP contribution in [-0.4, -0.2) is 43.6 Å². The molecule has 1 amide bonds. The lowest BCUT2D eigenvalue weighted by atomic mass is 9.88. The number of aromatic nitrogens is 3. The minimum Gasteiger partial charge on any atom is -0.490 e. The zero-order valence-electron chi connectivity index (χ0n) is 18.9. The highest BCUT2D eigenvalue weighted by atomic mass is 35.5. The summed E-state index contributed by atoms with van der Waals surface area (Å²) in [5.41, 5.74) is 7.65. The van der Waals surface area contributed by atoms with Crippen molar-refractivity contribution in [2.24, 2.45) is 0 Å². The maximum atomic E-state index is 15.2. The number of halogens is 2. The van der Waals surface area contributed by atoms with Crippen LogP contribution in [-0.2, 0) is 0 Å². The molecular weight excluding hydrogens is 449 g/mol. The third-order valence-electron chi connectivity index (χ3n) is 5.97. The molecule has 4 rings (SSSR count). The second kappa shape index (κ2) is 8.79. The molecule has 1 aromatic carbocycles. The van der Waals surface area contributed by atoms with E-state index in [4.69, 9.17) is 22.1 Å². The summed E-state index contributed by atoms with van der Waals surface area (Å²) in [6.07, 6.45) is 3.54. The Morgan fingerprint density at radius 3 is 2.73 bits per heavy atom. The Morgan fingerprint density at radius 1 is 1.39 bits per heavy atom. The van der Waals surface area contributed by atoms with Crippen LogP contribution in [0.15, 0.2) is 18.5 Å². The number of carbonyl (C=O) groups excluding carboxylic acids is 1. The number of hydrogen-bond donors (Lipinski definition) is 3. The van der Waals surface area contributed by atoms with Crippen LogP contribution in [0.1, 0.15) is 67.0 Å². The number of nitrogens with one attached hydrogen (secondary N) is 1. The van der Waals surface area contributed by atoms with Crippen molar-refractivity contribution < 1.29 is 19.0 Å². The number of rotatable bonds is 6. The topological polar surface area (TPSA) is 115 Å². The molecular formula is C23H27ClFN5O3. The lowest BCUT2D eigenvalue weighted by Gasteiger charge is -2.33. The molecule has 1 aliphatic rings. The fraction of sp³-hybridized carbons (Fsp3) is 0.435. The molecule has 8 nitrogen and oxygen atoms in total. The Bertz CT molecular complexity index is 1230. The van der Waals surface area contributed by atoms with Gasteiger partial charge < -0.3 is 20.9 Å². The number of aliphatic hydroxyl groups is 1. The number of aryl methyl sites for hydroxylation is 1. The van der Waals surface area contributed by atoms with E-state index in [9.17, 15) is 9.90 Å². The van der Waals surface area contributed by atoms with Crippen LogP contribution >= 0.6 is 11.6 Å². The molecule has 0 spiro atoms. The molecule has 2 heterocycles. The molecule has 0 radical (unpaired) electrons. The van der Waals surface area contributed by atoms with Crippen molar-refractivity contribution in [1.29, 1.82) is 0 Å². The van der Waals surface area contributed by atoms with Crippen LogP contribution in [0.2, 0.25) is 5.02 Å². The van der Waals surface area contributed by atoms with Crippen molar-refractivity contribution in [1.82, 2.24) is 19.7 Å². The molecule has 1 unspecified atom stereocenters. The highest BCUT2D eigenvalue weighted by Crippen LogP contribution is 2.40. The van der Waals surface area contributed by atoms with Crippen LogP contribution < -0.4 is 15.8 Å². The van der Waals surface area contributed by atoms with Gasteiger partial charge in [0.05, 0.1) is 29.0 Å². The van der Waals surface area contributed by atoms with Crippen LogP contribution in [0.5, 0.6) is 5.75 Å². The minimum atomic E-state index is -0.868. The normalized spacial score (nSPS) is 18.9. The lowest BCUT2D eigenvalue weighted by Crippen LogP contribution is -2.50. The summed E-state index contributed by atoms with van der Waals surface area (Å²) in [5.74, 6) is -0.917. The molecule has 33 heavy (non-hydrogen) atoms. The Hall–Kier alpha value is -2.91. The quantitative estimate of drug-likeness (QED) is 0.501. The number of ether oxygens (including phenoxy) is 1. The van der Waals surface area contributed by atoms with Gasteiger partial charge in [-0.3, -0.25) is 9.20 Å². The van der Waals surface area contributed by atoms with E-state index in [1.54, 1.807) is 26.2 Å². The molecule has 1 saturated carbocycles. The number of aliphatic hydroxyl groups excluding tert-OH is 1. The fourth-order valence-corrected chi connectivity index (χ4v) is 4.33. The predicted molar refractivity (Wildman–Crippen MR) is 123 cm³/mol. The van der Waals surface area contributed by atoms with Gasteiger partial charge in [0.2, 0.25) is 0 Å². The first-order chi connectivity index (χ1) is 15.6. The van der Waals surface area contributed by atoms with E-state index in [0.29, 0.717) is 41.3 Å². The highest BCUT2D eigenvalue weighted by Gasteiger charge is 2.34. The van der Waals surface area contributed by atoms with Gasteiger partial charge in [-0.05, 0) is 39.7 Å². The van der Waals surface area contributed by atoms with Gasteiger partial charge in [0.15, 0.2) is 5.82 Å². The number of fused-ring (bicyclic) bond motifs is 1. The maximum absolute atomic E-state index is 15.2. The van der Waals surface area contributed by atoms with E-state index in [-0.39, 0.29) is 22.4 Å². The monoisotopic (exact) mass is 475 g/mol. The van der Waals surface area contributed by atoms with Gasteiger partial charge >= 0.3 is 0 Å². The van der Waals surface area contributed by atoms with Gasteiger partial charge in [0, 0.05) is 23.9 Å². The number of anilines is 1. The molecule has 176 valence electrons. The van der Waals surface area contributed by atoms with Crippen molar-refractivity contribution in [2.75, 3.05) is 5.73 Å². The molecule has 0 bridgehead atoms. The van der Waals surface area contributed by atoms with E-state index in [0.717, 1.165) is 0 Å². The number of amides is 1. The Balaban J connectivity index is 1.87. The van der Waals surface area contributed by atoms with Crippen molar-refractivity contribution in [2.45, 2.75) is 64.7 Å². The van der Waals surface area contributed by atoms with Crippen LogP contribution in [0.25, 0.3) is 5.52 Å². The average molecular weight is 476 g/mol. The third kappa shape index (κ3) is 4.11. The zero-order chi connectivity index (χ0) is 24.0. The average Bonchev–Trinajstić information content (AvgIpc) is 3.10. The summed E-state index contributed by atoms with van der Waals surface area (Å²) in [7, 11) is 0. The summed E-state index contributed by atoms with van der Waals surface area (Å²) in [5, 5.41) is 12.4. The molecule has 3 aromatic rings. The number of carbonyl (C=O) groups is 1. The first-order valence-corrected chi connectivity index (χ1v) is 11.2. The van der Waals surface area contributed by atoms with Crippen LogP contribution in [0.4, 0.5) is 10.2 Å². The summed E-state index contributed by atoms with van der Waals surface area (Å²) >= 11 is 6.25. The Morgan fingerprint density at radius 2 is 2.12 bits per heavy atom. The van der Waals surface area contributed by atoms with Crippen molar-refractivity contribution >= 4 is 28.8 Å². The summed E-state index contributed by atoms with van der Waals surface area (Å²) in [6, 6.07) is 1.04. The number of benzene rings is 1. The van der Waals surface area contributed by atoms with Gasteiger partial charge in [-0.15, -0.1) is 0 Å². The van der Waals surface area contributed by atoms with E-state index >= 15 is 4.39 Å². The summed E-state index contributed by atoms with van der Waals surface area (Å²) in [4.78, 5) is 21.9. The number of nitrogen functional groups attached to an aromatic ring is 1. The number of nitrogens with two attached hydrogens (primary N) is 1. The lowest BCUT2D eigenvalue weighted by molar-refractivity contribution is 0.0444. The molecule has 1 aliphatic carbocycles. The predicted octanol–water partition coefficient (Wildman–Crippen LogP) is 3.60. The second-order valence-electron chi connectivity index (χ2n) is 8.67. The van der Waals surface area contributed by atoms with Gasteiger partial charge in [0.25, 0.3) is 5.91 Å². The Kier molecular flexibility index (Phi) is 6.20. The van der Waals surface area contributed by atoms with Crippen molar-refractivity contribution in [3.8, 4) is 5.75 Å². The third-order valence-corrected chi connectivity index (χ3v) is 6.25. The summed E-state index contributed by atoms with van der Waals surface area (Å²) < 4.78 is 23.0. The molecule has 2 aromatic heterocycles. The van der Waals surface area contributed by atoms with Gasteiger partial charge in [-0.25, -0.2) is 14.4 Å². The van der Waals surface area contributed by atoms with Crippen molar-refractivity contribution in [3.63, 3.8) is 0 Å². The molecule has 1 fully saturated rings. The van der Waals surface area contributed by atoms with Crippen LogP contribution in [0.3, 0.4) is 0 Å². The first-order valence-electron chi connectivity index (χ1n) is 10.9. The summed E-state index contributed by atoms with van der Waals surface area (Å²) in [6.45, 7) is 7.29. The Labute approximate surface area is 195 Å². The molecule has 10 heteroatoms. The van der Waals surface area contributed by atoms with Gasteiger partial charge in [-0.2, -0.15) is 0 Å². The van der Waals surface area contributed by atoms with Crippen molar-refractivity contribution in [3.05, 3.63) is 51.9 Å². The molecule has 0 aliphatic heterocycles. The number of imidazole rings is 1. The largest absolute Gasteiger partial charge is 0.490 e. The van der Waals surface area contributed by atoms with E-state index in [2.05, 4.69) is 15.3 Å². The number of hydrogen-bond acceptors (Lipinski definition) is 6. The first kappa shape index (κ1) is 23.3. The second-order valence-corrected chi connectivity index (χ2v) is 9.07. The zero-order valence-corrected chi connectivity index (χ0v) is 19.7. The number of nitrogens with zero attached hydrogens (tertiary/aromatic N) is 3. The SMILES string of the molecule is Cc1nc(C(C)c2cc(Cl)c(F)c(C(=O)N[C@@H]3CC[C@H]3O)c2OC(C)C)n2ccnc(N)c12.